The molecule has 1 fully saturated rings. The van der Waals surface area contributed by atoms with Crippen molar-refractivity contribution < 1.29 is 25.2 Å². The van der Waals surface area contributed by atoms with Gasteiger partial charge in [-0.3, -0.25) is 0 Å². The lowest BCUT2D eigenvalue weighted by Crippen LogP contribution is -2.33. The zero-order valence-electron chi connectivity index (χ0n) is 9.21. The van der Waals surface area contributed by atoms with E-state index in [-0.39, 0.29) is 5.82 Å². The van der Waals surface area contributed by atoms with Gasteiger partial charge in [-0.2, -0.15) is 5.10 Å². The second-order valence-corrected chi connectivity index (χ2v) is 3.99. The Morgan fingerprint density at radius 3 is 2.65 bits per heavy atom. The Labute approximate surface area is 97.1 Å². The number of aliphatic hydroxyl groups excluding tert-OH is 4. The van der Waals surface area contributed by atoms with Gasteiger partial charge in [-0.15, -0.1) is 0 Å². The van der Waals surface area contributed by atoms with Crippen LogP contribution in [0.25, 0.3) is 0 Å². The molecule has 1 aromatic rings. The number of hydrogen-bond acceptors (Lipinski definition) is 7. The molecule has 8 nitrogen and oxygen atoms in total. The number of aliphatic hydroxyl groups is 4. The van der Waals surface area contributed by atoms with Gasteiger partial charge in [0.1, 0.15) is 30.7 Å². The Balaban J connectivity index is 2.17. The normalized spacial score (nSPS) is 35.1. The maximum Gasteiger partial charge on any atom is 0.180 e. The molecule has 1 aliphatic rings. The van der Waals surface area contributed by atoms with Gasteiger partial charge in [0.05, 0.1) is 6.61 Å². The summed E-state index contributed by atoms with van der Waals surface area (Å²) < 4.78 is 6.46. The summed E-state index contributed by atoms with van der Waals surface area (Å²) in [7, 11) is 0. The fraction of sp³-hybridized carbons (Fsp3) is 0.778. The highest BCUT2D eigenvalue weighted by Gasteiger charge is 2.43. The Morgan fingerprint density at radius 2 is 2.18 bits per heavy atom. The lowest BCUT2D eigenvalue weighted by Gasteiger charge is -2.14. The molecule has 1 aromatic heterocycles. The molecule has 0 radical (unpaired) electrons. The van der Waals surface area contributed by atoms with Crippen LogP contribution < -0.4 is 0 Å². The lowest BCUT2D eigenvalue weighted by molar-refractivity contribution is -0.0591. The number of rotatable bonds is 3. The minimum absolute atomic E-state index is 0.197. The predicted molar refractivity (Wildman–Crippen MR) is 53.7 cm³/mol. The summed E-state index contributed by atoms with van der Waals surface area (Å²) in [6.07, 6.45) is -3.67. The first-order valence-corrected chi connectivity index (χ1v) is 5.26. The Morgan fingerprint density at radius 1 is 1.47 bits per heavy atom. The molecule has 1 saturated heterocycles. The van der Waals surface area contributed by atoms with Crippen molar-refractivity contribution >= 4 is 0 Å². The van der Waals surface area contributed by atoms with Crippen LogP contribution in [0.5, 0.6) is 0 Å². The summed E-state index contributed by atoms with van der Waals surface area (Å²) in [4.78, 5) is 3.84. The maximum absolute atomic E-state index is 9.72. The molecule has 5 atom stereocenters. The summed E-state index contributed by atoms with van der Waals surface area (Å²) in [6, 6.07) is 0. The highest BCUT2D eigenvalue weighted by Crippen LogP contribution is 2.28. The molecule has 17 heavy (non-hydrogen) atoms. The summed E-state index contributed by atoms with van der Waals surface area (Å²) in [5.74, 6) is 0.197. The summed E-state index contributed by atoms with van der Waals surface area (Å²) in [6.45, 7) is 1.11. The molecule has 1 unspecified atom stereocenters. The van der Waals surface area contributed by atoms with Gasteiger partial charge in [-0.05, 0) is 6.92 Å². The molecule has 0 aromatic carbocycles. The zero-order valence-corrected chi connectivity index (χ0v) is 9.21. The third kappa shape index (κ3) is 2.17. The van der Waals surface area contributed by atoms with Crippen molar-refractivity contribution in [2.45, 2.75) is 37.6 Å². The van der Waals surface area contributed by atoms with Gasteiger partial charge in [-0.1, -0.05) is 0 Å². The maximum atomic E-state index is 9.72. The largest absolute Gasteiger partial charge is 0.394 e. The second kappa shape index (κ2) is 4.67. The third-order valence-electron chi connectivity index (χ3n) is 2.68. The smallest absolute Gasteiger partial charge is 0.180 e. The molecular weight excluding hydrogens is 230 g/mol. The first kappa shape index (κ1) is 12.4. The average molecular weight is 245 g/mol. The lowest BCUT2D eigenvalue weighted by atomic mass is 10.1. The highest BCUT2D eigenvalue weighted by molar-refractivity contribution is 4.91. The summed E-state index contributed by atoms with van der Waals surface area (Å²) in [5, 5.41) is 41.4. The van der Waals surface area contributed by atoms with E-state index in [2.05, 4.69) is 10.1 Å². The second-order valence-electron chi connectivity index (χ2n) is 3.99. The molecule has 1 aliphatic heterocycles. The Hall–Kier alpha value is -1.06. The average Bonchev–Trinajstić information content (AvgIpc) is 2.87. The predicted octanol–water partition coefficient (Wildman–Crippen LogP) is -2.06. The van der Waals surface area contributed by atoms with E-state index in [4.69, 9.17) is 9.84 Å². The van der Waals surface area contributed by atoms with E-state index in [1.807, 2.05) is 0 Å². The van der Waals surface area contributed by atoms with Crippen molar-refractivity contribution in [3.05, 3.63) is 12.2 Å². The van der Waals surface area contributed by atoms with Crippen LogP contribution in [0, 0.1) is 0 Å². The van der Waals surface area contributed by atoms with Gasteiger partial charge in [0.2, 0.25) is 0 Å². The van der Waals surface area contributed by atoms with E-state index in [9.17, 15) is 15.3 Å². The SMILES string of the molecule is CC(O)c1ncn([C@@H]2O[C@H](CO)[C@H](O)[C@@H]2O)n1. The summed E-state index contributed by atoms with van der Waals surface area (Å²) >= 11 is 0. The van der Waals surface area contributed by atoms with Crippen molar-refractivity contribution in [1.82, 2.24) is 14.8 Å². The molecule has 2 rings (SSSR count). The first-order chi connectivity index (χ1) is 8.04. The van der Waals surface area contributed by atoms with Gasteiger partial charge >= 0.3 is 0 Å². The highest BCUT2D eigenvalue weighted by atomic mass is 16.6. The van der Waals surface area contributed by atoms with Gasteiger partial charge in [0, 0.05) is 0 Å². The minimum Gasteiger partial charge on any atom is -0.394 e. The van der Waals surface area contributed by atoms with Crippen LogP contribution >= 0.6 is 0 Å². The van der Waals surface area contributed by atoms with Crippen LogP contribution in [-0.4, -0.2) is 60.1 Å². The van der Waals surface area contributed by atoms with Crippen molar-refractivity contribution in [2.24, 2.45) is 0 Å². The van der Waals surface area contributed by atoms with Crippen LogP contribution in [0.4, 0.5) is 0 Å². The van der Waals surface area contributed by atoms with Gasteiger partial charge in [0.25, 0.3) is 0 Å². The fourth-order valence-electron chi connectivity index (χ4n) is 1.70. The number of nitrogens with zero attached hydrogens (tertiary/aromatic N) is 3. The molecule has 8 heteroatoms. The molecule has 96 valence electrons. The monoisotopic (exact) mass is 245 g/mol. The van der Waals surface area contributed by atoms with Crippen molar-refractivity contribution in [2.75, 3.05) is 6.61 Å². The zero-order chi connectivity index (χ0) is 12.6. The topological polar surface area (TPSA) is 121 Å². The van der Waals surface area contributed by atoms with Crippen LogP contribution in [0.2, 0.25) is 0 Å². The third-order valence-corrected chi connectivity index (χ3v) is 2.68. The Kier molecular flexibility index (Phi) is 3.40. The van der Waals surface area contributed by atoms with Crippen LogP contribution in [0.1, 0.15) is 25.1 Å². The fourth-order valence-corrected chi connectivity index (χ4v) is 1.70. The minimum atomic E-state index is -1.20. The van der Waals surface area contributed by atoms with E-state index in [0.717, 1.165) is 0 Å². The molecule has 2 heterocycles. The molecule has 0 spiro atoms. The van der Waals surface area contributed by atoms with Crippen LogP contribution in [0.3, 0.4) is 0 Å². The van der Waals surface area contributed by atoms with E-state index in [1.165, 1.54) is 17.9 Å². The molecule has 0 bridgehead atoms. The standard InChI is InChI=1S/C9H15N3O5/c1-4(14)8-10-3-12(11-8)9-7(16)6(15)5(2-13)17-9/h3-7,9,13-16H,2H2,1H3/t4?,5-,6+,7+,9-/m1/s1. The van der Waals surface area contributed by atoms with Gasteiger partial charge in [0.15, 0.2) is 12.1 Å². The van der Waals surface area contributed by atoms with Crippen LogP contribution in [0.15, 0.2) is 6.33 Å². The van der Waals surface area contributed by atoms with Crippen molar-refractivity contribution in [3.63, 3.8) is 0 Å². The molecular formula is C9H15N3O5. The van der Waals surface area contributed by atoms with Gasteiger partial charge < -0.3 is 25.2 Å². The quantitative estimate of drug-likeness (QED) is 0.483. The molecule has 0 saturated carbocycles. The molecule has 0 aliphatic carbocycles. The van der Waals surface area contributed by atoms with Crippen molar-refractivity contribution in [1.29, 1.82) is 0 Å². The Bertz CT molecular complexity index is 382. The van der Waals surface area contributed by atoms with E-state index < -0.39 is 37.3 Å². The summed E-state index contributed by atoms with van der Waals surface area (Å²) in [5.41, 5.74) is 0. The first-order valence-electron chi connectivity index (χ1n) is 5.26. The van der Waals surface area contributed by atoms with E-state index >= 15 is 0 Å². The number of hydrogen-bond donors (Lipinski definition) is 4. The number of ether oxygens (including phenoxy) is 1. The van der Waals surface area contributed by atoms with E-state index in [1.54, 1.807) is 0 Å². The van der Waals surface area contributed by atoms with Crippen molar-refractivity contribution in [3.8, 4) is 0 Å². The van der Waals surface area contributed by atoms with E-state index in [0.29, 0.717) is 0 Å². The van der Waals surface area contributed by atoms with Crippen LogP contribution in [-0.2, 0) is 4.74 Å². The molecule has 0 amide bonds. The molecule has 4 N–H and O–H groups in total. The van der Waals surface area contributed by atoms with Gasteiger partial charge in [-0.25, -0.2) is 9.67 Å². The number of aromatic nitrogens is 3.